The second kappa shape index (κ2) is 12.2. The van der Waals surface area contributed by atoms with Crippen LogP contribution in [0.1, 0.15) is 80.6 Å². The highest BCUT2D eigenvalue weighted by molar-refractivity contribution is 5.85. The van der Waals surface area contributed by atoms with Gasteiger partial charge in [-0.05, 0) is 58.8 Å². The molecule has 0 spiro atoms. The first-order valence-electron chi connectivity index (χ1n) is 9.47. The first-order chi connectivity index (χ1) is 11.2. The molecule has 0 radical (unpaired) electrons. The molecule has 0 fully saturated rings. The van der Waals surface area contributed by atoms with Crippen LogP contribution in [-0.2, 0) is 9.59 Å². The standard InChI is InChI=1S/C22H38O2/c1-16(2)10-8-11-18(5)12-9-13-19(6)22(24)21(14-17(3)4)20(7)15-23/h10,12,15,17,19-21H,8-9,11,13-14H2,1-7H3. The molecule has 24 heavy (non-hydrogen) atoms. The second-order valence-corrected chi connectivity index (χ2v) is 7.98. The van der Waals surface area contributed by atoms with Crippen molar-refractivity contribution >= 4 is 12.1 Å². The minimum Gasteiger partial charge on any atom is -0.303 e. The lowest BCUT2D eigenvalue weighted by molar-refractivity contribution is -0.131. The number of Topliss-reactive ketones (excluding diaryl/α,β-unsaturated/α-hetero) is 1. The Bertz CT molecular complexity index is 439. The van der Waals surface area contributed by atoms with E-state index in [1.807, 2.05) is 13.8 Å². The Hall–Kier alpha value is -1.18. The van der Waals surface area contributed by atoms with E-state index in [1.165, 1.54) is 11.1 Å². The lowest BCUT2D eigenvalue weighted by Crippen LogP contribution is -2.29. The normalized spacial score (nSPS) is 15.8. The summed E-state index contributed by atoms with van der Waals surface area (Å²) in [5.41, 5.74) is 2.76. The molecular formula is C22H38O2. The fraction of sp³-hybridized carbons (Fsp3) is 0.727. The van der Waals surface area contributed by atoms with Crippen LogP contribution < -0.4 is 0 Å². The number of carbonyl (C=O) groups excluding carboxylic acids is 2. The molecule has 0 N–H and O–H groups in total. The largest absolute Gasteiger partial charge is 0.303 e. The van der Waals surface area contributed by atoms with Crippen molar-refractivity contribution in [3.8, 4) is 0 Å². The summed E-state index contributed by atoms with van der Waals surface area (Å²) in [6, 6.07) is 0. The van der Waals surface area contributed by atoms with Gasteiger partial charge in [-0.25, -0.2) is 0 Å². The third-order valence-electron chi connectivity index (χ3n) is 4.61. The molecule has 0 aliphatic carbocycles. The van der Waals surface area contributed by atoms with Crippen LogP contribution in [0, 0.1) is 23.7 Å². The van der Waals surface area contributed by atoms with Gasteiger partial charge in [0, 0.05) is 17.8 Å². The van der Waals surface area contributed by atoms with Gasteiger partial charge in [-0.2, -0.15) is 0 Å². The lowest BCUT2D eigenvalue weighted by atomic mass is 9.79. The summed E-state index contributed by atoms with van der Waals surface area (Å²) in [6.45, 7) is 14.5. The summed E-state index contributed by atoms with van der Waals surface area (Å²) in [7, 11) is 0. The number of allylic oxidation sites excluding steroid dienone is 4. The van der Waals surface area contributed by atoms with E-state index in [-0.39, 0.29) is 23.5 Å². The van der Waals surface area contributed by atoms with Gasteiger partial charge in [0.25, 0.3) is 0 Å². The van der Waals surface area contributed by atoms with E-state index >= 15 is 0 Å². The molecule has 0 rings (SSSR count). The molecular weight excluding hydrogens is 296 g/mol. The zero-order valence-electron chi connectivity index (χ0n) is 16.9. The minimum atomic E-state index is -0.177. The smallest absolute Gasteiger partial charge is 0.139 e. The van der Waals surface area contributed by atoms with E-state index < -0.39 is 0 Å². The van der Waals surface area contributed by atoms with Crippen LogP contribution in [0.5, 0.6) is 0 Å². The maximum absolute atomic E-state index is 12.7. The molecule has 0 heterocycles. The summed E-state index contributed by atoms with van der Waals surface area (Å²) in [4.78, 5) is 23.9. The predicted molar refractivity (Wildman–Crippen MR) is 104 cm³/mol. The molecule has 0 bridgehead atoms. The SMILES string of the molecule is CC(C)=CCCC(C)=CCCC(C)C(=O)C(CC(C)C)C(C)C=O. The molecule has 0 aromatic carbocycles. The van der Waals surface area contributed by atoms with Crippen molar-refractivity contribution in [3.05, 3.63) is 23.3 Å². The molecule has 0 amide bonds. The fourth-order valence-electron chi connectivity index (χ4n) is 2.97. The van der Waals surface area contributed by atoms with Gasteiger partial charge in [0.1, 0.15) is 12.1 Å². The monoisotopic (exact) mass is 334 g/mol. The summed E-state index contributed by atoms with van der Waals surface area (Å²) in [5, 5.41) is 0. The Kier molecular flexibility index (Phi) is 11.6. The van der Waals surface area contributed by atoms with Crippen molar-refractivity contribution in [3.63, 3.8) is 0 Å². The summed E-state index contributed by atoms with van der Waals surface area (Å²) < 4.78 is 0. The maximum atomic E-state index is 12.7. The average molecular weight is 335 g/mol. The van der Waals surface area contributed by atoms with Gasteiger partial charge in [0.2, 0.25) is 0 Å². The van der Waals surface area contributed by atoms with E-state index in [4.69, 9.17) is 0 Å². The number of hydrogen-bond acceptors (Lipinski definition) is 2. The Morgan fingerprint density at radius 2 is 1.58 bits per heavy atom. The van der Waals surface area contributed by atoms with Crippen LogP contribution in [0.4, 0.5) is 0 Å². The van der Waals surface area contributed by atoms with Gasteiger partial charge in [-0.3, -0.25) is 4.79 Å². The quantitative estimate of drug-likeness (QED) is 0.316. The molecule has 0 saturated heterocycles. The van der Waals surface area contributed by atoms with Crippen molar-refractivity contribution in [2.45, 2.75) is 80.6 Å². The van der Waals surface area contributed by atoms with Crippen LogP contribution in [0.2, 0.25) is 0 Å². The van der Waals surface area contributed by atoms with Crippen LogP contribution in [0.25, 0.3) is 0 Å². The molecule has 0 aromatic heterocycles. The summed E-state index contributed by atoms with van der Waals surface area (Å²) in [6.07, 6.45) is 10.3. The molecule has 0 aliphatic rings. The molecule has 0 saturated carbocycles. The van der Waals surface area contributed by atoms with E-state index in [1.54, 1.807) is 0 Å². The second-order valence-electron chi connectivity index (χ2n) is 7.98. The Balaban J connectivity index is 4.51. The zero-order valence-corrected chi connectivity index (χ0v) is 16.9. The van der Waals surface area contributed by atoms with Crippen molar-refractivity contribution in [1.82, 2.24) is 0 Å². The van der Waals surface area contributed by atoms with Gasteiger partial charge < -0.3 is 4.79 Å². The van der Waals surface area contributed by atoms with Crippen molar-refractivity contribution in [2.75, 3.05) is 0 Å². The third kappa shape index (κ3) is 9.85. The number of rotatable bonds is 12. The van der Waals surface area contributed by atoms with Crippen LogP contribution in [-0.4, -0.2) is 12.1 Å². The first-order valence-corrected chi connectivity index (χ1v) is 9.47. The molecule has 2 nitrogen and oxygen atoms in total. The zero-order chi connectivity index (χ0) is 18.7. The van der Waals surface area contributed by atoms with Crippen molar-refractivity contribution in [1.29, 1.82) is 0 Å². The number of hydrogen-bond donors (Lipinski definition) is 0. The highest BCUT2D eigenvalue weighted by Crippen LogP contribution is 2.25. The third-order valence-corrected chi connectivity index (χ3v) is 4.61. The van der Waals surface area contributed by atoms with E-state index in [9.17, 15) is 9.59 Å². The molecule has 0 aromatic rings. The minimum absolute atomic E-state index is 0.0259. The fourth-order valence-corrected chi connectivity index (χ4v) is 2.97. The molecule has 3 atom stereocenters. The van der Waals surface area contributed by atoms with Gasteiger partial charge in [0.15, 0.2) is 0 Å². The number of aldehydes is 1. The highest BCUT2D eigenvalue weighted by Gasteiger charge is 2.28. The van der Waals surface area contributed by atoms with Crippen LogP contribution >= 0.6 is 0 Å². The molecule has 138 valence electrons. The molecule has 2 heteroatoms. The van der Waals surface area contributed by atoms with Crippen molar-refractivity contribution < 1.29 is 9.59 Å². The molecule has 0 aliphatic heterocycles. The first kappa shape index (κ1) is 22.8. The number of ketones is 1. The van der Waals surface area contributed by atoms with Gasteiger partial charge in [-0.1, -0.05) is 51.0 Å². The van der Waals surface area contributed by atoms with E-state index in [2.05, 4.69) is 46.8 Å². The Morgan fingerprint density at radius 3 is 2.08 bits per heavy atom. The maximum Gasteiger partial charge on any atom is 0.139 e. The van der Waals surface area contributed by atoms with Gasteiger partial charge in [-0.15, -0.1) is 0 Å². The van der Waals surface area contributed by atoms with Crippen molar-refractivity contribution in [2.24, 2.45) is 23.7 Å². The topological polar surface area (TPSA) is 34.1 Å². The predicted octanol–water partition coefficient (Wildman–Crippen LogP) is 6.16. The summed E-state index contributed by atoms with van der Waals surface area (Å²) >= 11 is 0. The Labute approximate surface area is 149 Å². The number of carbonyl (C=O) groups is 2. The molecule has 3 unspecified atom stereocenters. The highest BCUT2D eigenvalue weighted by atomic mass is 16.1. The van der Waals surface area contributed by atoms with Crippen LogP contribution in [0.3, 0.4) is 0 Å². The van der Waals surface area contributed by atoms with Crippen LogP contribution in [0.15, 0.2) is 23.3 Å². The van der Waals surface area contributed by atoms with E-state index in [0.29, 0.717) is 5.92 Å². The Morgan fingerprint density at radius 1 is 0.958 bits per heavy atom. The lowest BCUT2D eigenvalue weighted by Gasteiger charge is -2.23. The van der Waals surface area contributed by atoms with Gasteiger partial charge >= 0.3 is 0 Å². The van der Waals surface area contributed by atoms with E-state index in [0.717, 1.165) is 38.4 Å². The van der Waals surface area contributed by atoms with Gasteiger partial charge in [0.05, 0.1) is 0 Å². The average Bonchev–Trinajstić information content (AvgIpc) is 2.50. The summed E-state index contributed by atoms with van der Waals surface area (Å²) in [5.74, 6) is 0.423.